The molecule has 1 heterocycles. The van der Waals surface area contributed by atoms with Crippen LogP contribution in [0.5, 0.6) is 0 Å². The molecule has 28 heavy (non-hydrogen) atoms. The van der Waals surface area contributed by atoms with Crippen molar-refractivity contribution >= 4 is 17.5 Å². The molecule has 154 valence electrons. The average molecular weight is 386 g/mol. The second-order valence-corrected chi connectivity index (χ2v) is 8.59. The molecule has 1 saturated carbocycles. The molecular weight excluding hydrogens is 350 g/mol. The summed E-state index contributed by atoms with van der Waals surface area (Å²) in [5.41, 5.74) is 2.74. The van der Waals surface area contributed by atoms with Crippen molar-refractivity contribution in [3.63, 3.8) is 0 Å². The second kappa shape index (κ2) is 9.55. The fraction of sp³-hybridized carbons (Fsp3) is 0.652. The van der Waals surface area contributed by atoms with Crippen molar-refractivity contribution in [2.45, 2.75) is 84.3 Å². The normalized spacial score (nSPS) is 19.5. The number of hydrogen-bond acceptors (Lipinski definition) is 3. The van der Waals surface area contributed by atoms with E-state index in [1.54, 1.807) is 6.92 Å². The van der Waals surface area contributed by atoms with E-state index in [0.717, 1.165) is 56.6 Å². The lowest BCUT2D eigenvalue weighted by Crippen LogP contribution is -2.35. The molecule has 1 aromatic carbocycles. The molecule has 1 N–H and O–H groups in total. The lowest BCUT2D eigenvalue weighted by atomic mass is 10.0. The van der Waals surface area contributed by atoms with E-state index in [9.17, 15) is 9.59 Å². The van der Waals surface area contributed by atoms with Crippen molar-refractivity contribution in [1.82, 2.24) is 10.2 Å². The zero-order valence-corrected chi connectivity index (χ0v) is 17.7. The summed E-state index contributed by atoms with van der Waals surface area (Å²) in [6, 6.07) is 6.62. The molecule has 0 aromatic heterocycles. The number of fused-ring (bicyclic) bond motifs is 1. The summed E-state index contributed by atoms with van der Waals surface area (Å²) in [5.74, 6) is 0.0754. The number of carbonyl (C=O) groups excluding carboxylic acids is 2. The van der Waals surface area contributed by atoms with Crippen molar-refractivity contribution in [2.75, 3.05) is 18.0 Å². The predicted octanol–water partition coefficient (Wildman–Crippen LogP) is 4.11. The molecule has 0 saturated heterocycles. The third-order valence-electron chi connectivity index (χ3n) is 5.86. The Morgan fingerprint density at radius 3 is 2.36 bits per heavy atom. The van der Waals surface area contributed by atoms with E-state index in [1.807, 2.05) is 23.1 Å². The minimum Gasteiger partial charge on any atom is -0.349 e. The van der Waals surface area contributed by atoms with Crippen molar-refractivity contribution in [1.29, 1.82) is 0 Å². The molecule has 0 bridgehead atoms. The van der Waals surface area contributed by atoms with Gasteiger partial charge in [-0.1, -0.05) is 19.3 Å². The molecule has 1 fully saturated rings. The molecule has 2 amide bonds. The Morgan fingerprint density at radius 1 is 1.04 bits per heavy atom. The second-order valence-electron chi connectivity index (χ2n) is 8.59. The maximum absolute atomic E-state index is 12.6. The van der Waals surface area contributed by atoms with Gasteiger partial charge in [0.2, 0.25) is 5.91 Å². The van der Waals surface area contributed by atoms with E-state index in [-0.39, 0.29) is 11.8 Å². The number of amides is 2. The van der Waals surface area contributed by atoms with E-state index < -0.39 is 0 Å². The van der Waals surface area contributed by atoms with E-state index in [1.165, 1.54) is 19.3 Å². The smallest absolute Gasteiger partial charge is 0.251 e. The largest absolute Gasteiger partial charge is 0.349 e. The standard InChI is InChI=1S/C23H35N3O2/c1-17(2)25-13-7-5-4-6-8-14-26(18(3)27)22-12-9-19(15-20(22)16-25)23(28)24-21-10-11-21/h9,12,15,17,21H,4-8,10-11,13-14,16H2,1-3H3,(H,24,28). The lowest BCUT2D eigenvalue weighted by Gasteiger charge is -2.31. The third kappa shape index (κ3) is 5.57. The fourth-order valence-corrected chi connectivity index (χ4v) is 3.91. The topological polar surface area (TPSA) is 52.7 Å². The van der Waals surface area contributed by atoms with Gasteiger partial charge in [-0.05, 0) is 69.8 Å². The van der Waals surface area contributed by atoms with E-state index in [4.69, 9.17) is 0 Å². The zero-order valence-electron chi connectivity index (χ0n) is 17.7. The summed E-state index contributed by atoms with van der Waals surface area (Å²) in [5, 5.41) is 3.08. The van der Waals surface area contributed by atoms with Gasteiger partial charge >= 0.3 is 0 Å². The van der Waals surface area contributed by atoms with Crippen LogP contribution in [-0.4, -0.2) is 41.9 Å². The number of anilines is 1. The van der Waals surface area contributed by atoms with Crippen molar-refractivity contribution in [3.8, 4) is 0 Å². The third-order valence-corrected chi connectivity index (χ3v) is 5.86. The average Bonchev–Trinajstić information content (AvgIpc) is 3.45. The molecule has 1 aliphatic carbocycles. The van der Waals surface area contributed by atoms with Crippen molar-refractivity contribution in [3.05, 3.63) is 29.3 Å². The van der Waals surface area contributed by atoms with Crippen LogP contribution in [0.1, 0.15) is 81.6 Å². The number of rotatable bonds is 3. The molecule has 0 atom stereocenters. The van der Waals surface area contributed by atoms with Gasteiger partial charge < -0.3 is 10.2 Å². The van der Waals surface area contributed by atoms with Gasteiger partial charge in [0.1, 0.15) is 0 Å². The number of hydrogen-bond donors (Lipinski definition) is 1. The molecule has 3 rings (SSSR count). The maximum atomic E-state index is 12.6. The summed E-state index contributed by atoms with van der Waals surface area (Å²) in [4.78, 5) is 29.3. The van der Waals surface area contributed by atoms with Crippen LogP contribution in [0, 0.1) is 0 Å². The first-order chi connectivity index (χ1) is 13.5. The Hall–Kier alpha value is -1.88. The monoisotopic (exact) mass is 385 g/mol. The van der Waals surface area contributed by atoms with Crippen LogP contribution < -0.4 is 10.2 Å². The number of nitrogens with one attached hydrogen (secondary N) is 1. The fourth-order valence-electron chi connectivity index (χ4n) is 3.91. The molecule has 2 aliphatic rings. The van der Waals surface area contributed by atoms with Gasteiger partial charge in [-0.15, -0.1) is 0 Å². The molecule has 0 radical (unpaired) electrons. The molecule has 1 aliphatic heterocycles. The van der Waals surface area contributed by atoms with E-state index >= 15 is 0 Å². The number of nitrogens with zero attached hydrogens (tertiary/aromatic N) is 2. The molecule has 5 heteroatoms. The molecule has 1 aromatic rings. The number of benzene rings is 1. The Kier molecular flexibility index (Phi) is 7.11. The SMILES string of the molecule is CC(=O)N1CCCCCCCN(C(C)C)Cc2cc(C(=O)NC3CC3)ccc21. The van der Waals surface area contributed by atoms with Crippen LogP contribution in [0.3, 0.4) is 0 Å². The highest BCUT2D eigenvalue weighted by atomic mass is 16.2. The van der Waals surface area contributed by atoms with Gasteiger partial charge in [-0.3, -0.25) is 14.5 Å². The van der Waals surface area contributed by atoms with Crippen LogP contribution in [0.15, 0.2) is 18.2 Å². The molecule has 5 nitrogen and oxygen atoms in total. The Bertz CT molecular complexity index is 697. The van der Waals surface area contributed by atoms with Gasteiger partial charge in [0, 0.05) is 43.3 Å². The summed E-state index contributed by atoms with van der Waals surface area (Å²) in [6.07, 6.45) is 8.00. The van der Waals surface area contributed by atoms with Crippen LogP contribution in [0.2, 0.25) is 0 Å². The Balaban J connectivity index is 1.94. The lowest BCUT2D eigenvalue weighted by molar-refractivity contribution is -0.116. The summed E-state index contributed by atoms with van der Waals surface area (Å²) >= 11 is 0. The van der Waals surface area contributed by atoms with Gasteiger partial charge in [0.25, 0.3) is 5.91 Å². The highest BCUT2D eigenvalue weighted by Crippen LogP contribution is 2.27. The van der Waals surface area contributed by atoms with Crippen molar-refractivity contribution < 1.29 is 9.59 Å². The van der Waals surface area contributed by atoms with Crippen molar-refractivity contribution in [2.24, 2.45) is 0 Å². The first-order valence-electron chi connectivity index (χ1n) is 10.9. The van der Waals surface area contributed by atoms with Gasteiger partial charge in [-0.2, -0.15) is 0 Å². The number of carbonyl (C=O) groups is 2. The summed E-state index contributed by atoms with van der Waals surface area (Å²) in [6.45, 7) is 8.65. The van der Waals surface area contributed by atoms with Crippen LogP contribution in [0.25, 0.3) is 0 Å². The summed E-state index contributed by atoms with van der Waals surface area (Å²) < 4.78 is 0. The van der Waals surface area contributed by atoms with E-state index in [0.29, 0.717) is 17.6 Å². The summed E-state index contributed by atoms with van der Waals surface area (Å²) in [7, 11) is 0. The molecule has 0 unspecified atom stereocenters. The quantitative estimate of drug-likeness (QED) is 0.852. The van der Waals surface area contributed by atoms with Gasteiger partial charge in [0.15, 0.2) is 0 Å². The minimum absolute atomic E-state index is 0.00175. The Morgan fingerprint density at radius 2 is 1.71 bits per heavy atom. The highest BCUT2D eigenvalue weighted by Gasteiger charge is 2.25. The first kappa shape index (κ1) is 20.8. The van der Waals surface area contributed by atoms with Crippen LogP contribution in [0.4, 0.5) is 5.69 Å². The maximum Gasteiger partial charge on any atom is 0.251 e. The zero-order chi connectivity index (χ0) is 20.1. The van der Waals surface area contributed by atoms with Gasteiger partial charge in [-0.25, -0.2) is 0 Å². The molecule has 0 spiro atoms. The van der Waals surface area contributed by atoms with Crippen LogP contribution >= 0.6 is 0 Å². The van der Waals surface area contributed by atoms with E-state index in [2.05, 4.69) is 24.1 Å². The molecular formula is C23H35N3O2. The highest BCUT2D eigenvalue weighted by molar-refractivity contribution is 5.97. The van der Waals surface area contributed by atoms with Gasteiger partial charge in [0.05, 0.1) is 0 Å². The minimum atomic E-state index is 0.00175. The first-order valence-corrected chi connectivity index (χ1v) is 10.9. The Labute approximate surface area is 169 Å². The predicted molar refractivity (Wildman–Crippen MR) is 114 cm³/mol. The van der Waals surface area contributed by atoms with Crippen LogP contribution in [-0.2, 0) is 11.3 Å².